The summed E-state index contributed by atoms with van der Waals surface area (Å²) in [5, 5.41) is 0. The van der Waals surface area contributed by atoms with Crippen molar-refractivity contribution < 1.29 is 9.47 Å². The molecule has 1 fully saturated rings. The second-order valence-electron chi connectivity index (χ2n) is 5.32. The maximum atomic E-state index is 5.80. The van der Waals surface area contributed by atoms with E-state index in [9.17, 15) is 0 Å². The lowest BCUT2D eigenvalue weighted by Gasteiger charge is -2.38. The van der Waals surface area contributed by atoms with Crippen LogP contribution >= 0.6 is 0 Å². The molecule has 0 atom stereocenters. The fourth-order valence-electron chi connectivity index (χ4n) is 2.12. The number of nitrogens with two attached hydrogens (primary N) is 1. The maximum Gasteiger partial charge on any atom is 0.0593 e. The molecule has 0 amide bonds. The van der Waals surface area contributed by atoms with E-state index in [4.69, 9.17) is 15.2 Å². The standard InChI is InChI=1S/C13H28N2O2/c1-13(12-14)4-6-15(7-5-13)8-11-17-10-3-9-16-2/h3-12,14H2,1-2H3. The molecule has 0 aromatic rings. The molecule has 0 aromatic heterocycles. The van der Waals surface area contributed by atoms with Gasteiger partial charge in [0.25, 0.3) is 0 Å². The number of piperidine rings is 1. The highest BCUT2D eigenvalue weighted by Gasteiger charge is 2.28. The van der Waals surface area contributed by atoms with Crippen LogP contribution in [0.1, 0.15) is 26.2 Å². The third-order valence-corrected chi connectivity index (χ3v) is 3.74. The van der Waals surface area contributed by atoms with Crippen LogP contribution in [0.25, 0.3) is 0 Å². The van der Waals surface area contributed by atoms with Crippen LogP contribution in [0.15, 0.2) is 0 Å². The Morgan fingerprint density at radius 3 is 2.47 bits per heavy atom. The molecular weight excluding hydrogens is 216 g/mol. The van der Waals surface area contributed by atoms with Crippen LogP contribution in [-0.2, 0) is 9.47 Å². The predicted octanol–water partition coefficient (Wildman–Crippen LogP) is 1.10. The minimum Gasteiger partial charge on any atom is -0.385 e. The first-order valence-corrected chi connectivity index (χ1v) is 6.69. The first kappa shape index (κ1) is 14.9. The molecule has 4 nitrogen and oxygen atoms in total. The number of rotatable bonds is 8. The second kappa shape index (κ2) is 8.03. The SMILES string of the molecule is COCCCOCCN1CCC(C)(CN)CC1. The molecule has 2 N–H and O–H groups in total. The summed E-state index contributed by atoms with van der Waals surface area (Å²) in [6, 6.07) is 0. The van der Waals surface area contributed by atoms with Gasteiger partial charge in [-0.05, 0) is 44.3 Å². The number of ether oxygens (including phenoxy) is 2. The second-order valence-corrected chi connectivity index (χ2v) is 5.32. The Hall–Kier alpha value is -0.160. The van der Waals surface area contributed by atoms with Crippen molar-refractivity contribution in [3.8, 4) is 0 Å². The van der Waals surface area contributed by atoms with Crippen LogP contribution in [0, 0.1) is 5.41 Å². The Balaban J connectivity index is 1.99. The summed E-state index contributed by atoms with van der Waals surface area (Å²) >= 11 is 0. The van der Waals surface area contributed by atoms with Gasteiger partial charge < -0.3 is 20.1 Å². The van der Waals surface area contributed by atoms with E-state index in [1.807, 2.05) is 0 Å². The van der Waals surface area contributed by atoms with Crippen molar-refractivity contribution in [2.45, 2.75) is 26.2 Å². The average Bonchev–Trinajstić information content (AvgIpc) is 2.36. The van der Waals surface area contributed by atoms with Gasteiger partial charge in [0.1, 0.15) is 0 Å². The Kier molecular flexibility index (Phi) is 7.04. The van der Waals surface area contributed by atoms with Crippen LogP contribution in [0.4, 0.5) is 0 Å². The molecule has 4 heteroatoms. The zero-order chi connectivity index (χ0) is 12.6. The summed E-state index contributed by atoms with van der Waals surface area (Å²) in [7, 11) is 1.72. The summed E-state index contributed by atoms with van der Waals surface area (Å²) < 4.78 is 10.5. The summed E-state index contributed by atoms with van der Waals surface area (Å²) in [4.78, 5) is 2.48. The monoisotopic (exact) mass is 244 g/mol. The summed E-state index contributed by atoms with van der Waals surface area (Å²) in [6.07, 6.45) is 3.42. The molecule has 1 saturated heterocycles. The summed E-state index contributed by atoms with van der Waals surface area (Å²) in [5.41, 5.74) is 6.17. The van der Waals surface area contributed by atoms with E-state index >= 15 is 0 Å². The van der Waals surface area contributed by atoms with Gasteiger partial charge in [0.05, 0.1) is 6.61 Å². The van der Waals surface area contributed by atoms with Crippen LogP contribution in [-0.4, -0.2) is 58.0 Å². The molecule has 0 unspecified atom stereocenters. The largest absolute Gasteiger partial charge is 0.385 e. The van der Waals surface area contributed by atoms with E-state index in [0.717, 1.165) is 52.4 Å². The Labute approximate surface area is 105 Å². The maximum absolute atomic E-state index is 5.80. The highest BCUT2D eigenvalue weighted by Crippen LogP contribution is 2.28. The third-order valence-electron chi connectivity index (χ3n) is 3.74. The highest BCUT2D eigenvalue weighted by atomic mass is 16.5. The Morgan fingerprint density at radius 2 is 1.88 bits per heavy atom. The van der Waals surface area contributed by atoms with E-state index in [0.29, 0.717) is 5.41 Å². The van der Waals surface area contributed by atoms with Crippen LogP contribution < -0.4 is 5.73 Å². The minimum absolute atomic E-state index is 0.371. The number of nitrogens with zero attached hydrogens (tertiary/aromatic N) is 1. The van der Waals surface area contributed by atoms with Crippen molar-refractivity contribution in [2.24, 2.45) is 11.1 Å². The molecular formula is C13H28N2O2. The number of methoxy groups -OCH3 is 1. The molecule has 0 bridgehead atoms. The number of hydrogen-bond acceptors (Lipinski definition) is 4. The van der Waals surface area contributed by atoms with Gasteiger partial charge in [0.15, 0.2) is 0 Å². The molecule has 1 aliphatic heterocycles. The zero-order valence-electron chi connectivity index (χ0n) is 11.4. The van der Waals surface area contributed by atoms with Crippen molar-refractivity contribution >= 4 is 0 Å². The first-order chi connectivity index (χ1) is 8.20. The predicted molar refractivity (Wildman–Crippen MR) is 70.1 cm³/mol. The highest BCUT2D eigenvalue weighted by molar-refractivity contribution is 4.82. The quantitative estimate of drug-likeness (QED) is 0.650. The molecule has 0 aromatic carbocycles. The fraction of sp³-hybridized carbons (Fsp3) is 1.00. The van der Waals surface area contributed by atoms with E-state index < -0.39 is 0 Å². The van der Waals surface area contributed by atoms with Crippen LogP contribution in [0.2, 0.25) is 0 Å². The van der Waals surface area contributed by atoms with Gasteiger partial charge in [-0.3, -0.25) is 0 Å². The number of likely N-dealkylation sites (tertiary alicyclic amines) is 1. The van der Waals surface area contributed by atoms with Crippen molar-refractivity contribution in [3.05, 3.63) is 0 Å². The molecule has 0 spiro atoms. The van der Waals surface area contributed by atoms with Gasteiger partial charge in [-0.1, -0.05) is 6.92 Å². The van der Waals surface area contributed by atoms with Crippen LogP contribution in [0.3, 0.4) is 0 Å². The van der Waals surface area contributed by atoms with Crippen molar-refractivity contribution in [3.63, 3.8) is 0 Å². The topological polar surface area (TPSA) is 47.7 Å². The molecule has 0 radical (unpaired) electrons. The van der Waals surface area contributed by atoms with E-state index in [2.05, 4.69) is 11.8 Å². The van der Waals surface area contributed by atoms with Gasteiger partial charge in [0.2, 0.25) is 0 Å². The summed E-state index contributed by atoms with van der Waals surface area (Å²) in [6.45, 7) is 8.92. The van der Waals surface area contributed by atoms with Gasteiger partial charge in [-0.25, -0.2) is 0 Å². The fourth-order valence-corrected chi connectivity index (χ4v) is 2.12. The molecule has 102 valence electrons. The van der Waals surface area contributed by atoms with E-state index in [-0.39, 0.29) is 0 Å². The lowest BCUT2D eigenvalue weighted by atomic mass is 9.80. The minimum atomic E-state index is 0.371. The van der Waals surface area contributed by atoms with E-state index in [1.165, 1.54) is 12.8 Å². The molecule has 17 heavy (non-hydrogen) atoms. The lowest BCUT2D eigenvalue weighted by molar-refractivity contribution is 0.0617. The van der Waals surface area contributed by atoms with Crippen molar-refractivity contribution in [1.29, 1.82) is 0 Å². The van der Waals surface area contributed by atoms with Gasteiger partial charge in [-0.15, -0.1) is 0 Å². The van der Waals surface area contributed by atoms with E-state index in [1.54, 1.807) is 7.11 Å². The van der Waals surface area contributed by atoms with Gasteiger partial charge in [-0.2, -0.15) is 0 Å². The van der Waals surface area contributed by atoms with Crippen molar-refractivity contribution in [1.82, 2.24) is 4.90 Å². The molecule has 1 aliphatic rings. The molecule has 0 aliphatic carbocycles. The summed E-state index contributed by atoms with van der Waals surface area (Å²) in [5.74, 6) is 0. The van der Waals surface area contributed by atoms with Crippen LogP contribution in [0.5, 0.6) is 0 Å². The van der Waals surface area contributed by atoms with Gasteiger partial charge in [0, 0.05) is 26.9 Å². The molecule has 1 heterocycles. The molecule has 0 saturated carbocycles. The van der Waals surface area contributed by atoms with Gasteiger partial charge >= 0.3 is 0 Å². The third kappa shape index (κ3) is 5.82. The molecule has 1 rings (SSSR count). The number of hydrogen-bond donors (Lipinski definition) is 1. The normalized spacial score (nSPS) is 20.6. The van der Waals surface area contributed by atoms with Crippen molar-refractivity contribution in [2.75, 3.05) is 53.1 Å². The Bertz CT molecular complexity index is 192. The Morgan fingerprint density at radius 1 is 1.18 bits per heavy atom. The average molecular weight is 244 g/mol. The zero-order valence-corrected chi connectivity index (χ0v) is 11.4. The first-order valence-electron chi connectivity index (χ1n) is 6.69. The lowest BCUT2D eigenvalue weighted by Crippen LogP contribution is -2.43. The smallest absolute Gasteiger partial charge is 0.0593 e.